The molecule has 0 radical (unpaired) electrons. The molecule has 1 fully saturated rings. The molecule has 22 heavy (non-hydrogen) atoms. The van der Waals surface area contributed by atoms with Crippen LogP contribution in [-0.2, 0) is 10.2 Å². The Balaban J connectivity index is 1.71. The van der Waals surface area contributed by atoms with E-state index in [2.05, 4.69) is 42.0 Å². The molecule has 2 rings (SSSR count). The molecule has 0 aliphatic carbocycles. The summed E-state index contributed by atoms with van der Waals surface area (Å²) in [4.78, 5) is 17.2. The third kappa shape index (κ3) is 4.70. The Hall–Kier alpha value is -1.62. The summed E-state index contributed by atoms with van der Waals surface area (Å²) in [5, 5.41) is 2.87. The molecule has 0 saturated carbocycles. The van der Waals surface area contributed by atoms with Crippen LogP contribution in [0.1, 0.15) is 45.6 Å². The number of carbonyl (C=O) groups is 1. The summed E-state index contributed by atoms with van der Waals surface area (Å²) in [5.41, 5.74) is 1.32. The fourth-order valence-electron chi connectivity index (χ4n) is 2.71. The van der Waals surface area contributed by atoms with Crippen molar-refractivity contribution in [2.24, 2.45) is 0 Å². The molecule has 5 nitrogen and oxygen atoms in total. The maximum Gasteiger partial charge on any atom is 0.213 e. The van der Waals surface area contributed by atoms with E-state index in [0.717, 1.165) is 38.8 Å². The molecule has 0 aromatic carbocycles. The minimum absolute atomic E-state index is 0.113. The van der Waals surface area contributed by atoms with Gasteiger partial charge in [-0.15, -0.1) is 0 Å². The van der Waals surface area contributed by atoms with E-state index in [1.165, 1.54) is 5.56 Å². The van der Waals surface area contributed by atoms with E-state index < -0.39 is 0 Å². The molecule has 1 aliphatic rings. The monoisotopic (exact) mass is 305 g/mol. The van der Waals surface area contributed by atoms with Crippen molar-refractivity contribution in [3.8, 4) is 5.88 Å². The van der Waals surface area contributed by atoms with Crippen molar-refractivity contribution in [1.29, 1.82) is 0 Å². The summed E-state index contributed by atoms with van der Waals surface area (Å²) < 4.78 is 5.70. The number of hydrogen-bond acceptors (Lipinski definition) is 4. The SMILES string of the molecule is CC(C)(C)c1ccc(OCCCN2CCC[C@H]2NC=O)nc1. The molecule has 1 aromatic rings. The minimum Gasteiger partial charge on any atom is -0.478 e. The van der Waals surface area contributed by atoms with Crippen molar-refractivity contribution in [2.45, 2.75) is 51.6 Å². The van der Waals surface area contributed by atoms with Crippen LogP contribution in [0.25, 0.3) is 0 Å². The number of aromatic nitrogens is 1. The van der Waals surface area contributed by atoms with Gasteiger partial charge in [-0.1, -0.05) is 26.8 Å². The third-order valence-electron chi connectivity index (χ3n) is 4.07. The molecule has 1 aromatic heterocycles. The molecule has 122 valence electrons. The Morgan fingerprint density at radius 3 is 2.91 bits per heavy atom. The van der Waals surface area contributed by atoms with Crippen LogP contribution < -0.4 is 10.1 Å². The van der Waals surface area contributed by atoms with Gasteiger partial charge in [0, 0.05) is 25.4 Å². The van der Waals surface area contributed by atoms with Crippen molar-refractivity contribution < 1.29 is 9.53 Å². The van der Waals surface area contributed by atoms with Gasteiger partial charge in [0.1, 0.15) is 0 Å². The molecule has 0 spiro atoms. The van der Waals surface area contributed by atoms with E-state index in [9.17, 15) is 4.79 Å². The topological polar surface area (TPSA) is 54.5 Å². The van der Waals surface area contributed by atoms with Crippen LogP contribution in [0.3, 0.4) is 0 Å². The van der Waals surface area contributed by atoms with Crippen LogP contribution in [0.15, 0.2) is 18.3 Å². The molecule has 1 N–H and O–H groups in total. The Kier molecular flexibility index (Phi) is 5.77. The standard InChI is InChI=1S/C17H27N3O2/c1-17(2,3)14-7-8-16(18-12-14)22-11-5-10-20-9-4-6-15(20)19-13-21/h7-8,12-13,15H,4-6,9-11H2,1-3H3,(H,19,21)/t15-/m0/s1. The zero-order valence-corrected chi connectivity index (χ0v) is 13.8. The van der Waals surface area contributed by atoms with Gasteiger partial charge in [0.15, 0.2) is 0 Å². The van der Waals surface area contributed by atoms with E-state index in [0.29, 0.717) is 12.5 Å². The molecule has 1 saturated heterocycles. The Morgan fingerprint density at radius 1 is 1.45 bits per heavy atom. The molecular weight excluding hydrogens is 278 g/mol. The van der Waals surface area contributed by atoms with Gasteiger partial charge in [-0.25, -0.2) is 4.98 Å². The summed E-state index contributed by atoms with van der Waals surface area (Å²) in [7, 11) is 0. The quantitative estimate of drug-likeness (QED) is 0.620. The van der Waals surface area contributed by atoms with E-state index in [-0.39, 0.29) is 11.6 Å². The predicted octanol–water partition coefficient (Wildman–Crippen LogP) is 2.32. The van der Waals surface area contributed by atoms with Crippen molar-refractivity contribution >= 4 is 6.41 Å². The number of carbonyl (C=O) groups excluding carboxylic acids is 1. The second-order valence-corrected chi connectivity index (χ2v) is 6.82. The summed E-state index contributed by atoms with van der Waals surface area (Å²) in [6.45, 7) is 9.14. The molecule has 5 heteroatoms. The number of nitrogens with one attached hydrogen (secondary N) is 1. The third-order valence-corrected chi connectivity index (χ3v) is 4.07. The minimum atomic E-state index is 0.113. The Bertz CT molecular complexity index is 468. The van der Waals surface area contributed by atoms with Gasteiger partial charge in [0.05, 0.1) is 12.8 Å². The van der Waals surface area contributed by atoms with Crippen molar-refractivity contribution in [2.75, 3.05) is 19.7 Å². The van der Waals surface area contributed by atoms with E-state index in [1.807, 2.05) is 12.3 Å². The Labute approximate surface area is 133 Å². The largest absolute Gasteiger partial charge is 0.478 e. The zero-order valence-electron chi connectivity index (χ0n) is 13.8. The first-order valence-corrected chi connectivity index (χ1v) is 8.04. The second-order valence-electron chi connectivity index (χ2n) is 6.82. The highest BCUT2D eigenvalue weighted by molar-refractivity contribution is 5.46. The first-order chi connectivity index (χ1) is 10.5. The van der Waals surface area contributed by atoms with E-state index in [1.54, 1.807) is 0 Å². The highest BCUT2D eigenvalue weighted by Crippen LogP contribution is 2.22. The summed E-state index contributed by atoms with van der Waals surface area (Å²) in [5.74, 6) is 0.678. The summed E-state index contributed by atoms with van der Waals surface area (Å²) in [6.07, 6.45) is 5.99. The van der Waals surface area contributed by atoms with Gasteiger partial charge in [-0.3, -0.25) is 9.69 Å². The number of amides is 1. The van der Waals surface area contributed by atoms with Gasteiger partial charge in [-0.05, 0) is 30.2 Å². The van der Waals surface area contributed by atoms with Gasteiger partial charge < -0.3 is 10.1 Å². The molecule has 1 atom stereocenters. The van der Waals surface area contributed by atoms with Crippen molar-refractivity contribution in [3.05, 3.63) is 23.9 Å². The average molecular weight is 305 g/mol. The lowest BCUT2D eigenvalue weighted by atomic mass is 9.88. The zero-order chi connectivity index (χ0) is 16.0. The van der Waals surface area contributed by atoms with Crippen LogP contribution in [0, 0.1) is 0 Å². The van der Waals surface area contributed by atoms with Crippen LogP contribution in [0.5, 0.6) is 5.88 Å². The molecular formula is C17H27N3O2. The normalized spacial score (nSPS) is 19.1. The van der Waals surface area contributed by atoms with Crippen LogP contribution in [0.4, 0.5) is 0 Å². The maximum absolute atomic E-state index is 10.5. The molecule has 1 amide bonds. The molecule has 1 aliphatic heterocycles. The lowest BCUT2D eigenvalue weighted by molar-refractivity contribution is -0.111. The van der Waals surface area contributed by atoms with Gasteiger partial charge in [0.2, 0.25) is 12.3 Å². The van der Waals surface area contributed by atoms with Crippen molar-refractivity contribution in [1.82, 2.24) is 15.2 Å². The summed E-state index contributed by atoms with van der Waals surface area (Å²) >= 11 is 0. The molecule has 0 unspecified atom stereocenters. The smallest absolute Gasteiger partial charge is 0.213 e. The molecule has 0 bridgehead atoms. The first-order valence-electron chi connectivity index (χ1n) is 8.04. The highest BCUT2D eigenvalue weighted by Gasteiger charge is 2.22. The summed E-state index contributed by atoms with van der Waals surface area (Å²) in [6, 6.07) is 4.01. The number of hydrogen-bond donors (Lipinski definition) is 1. The molecule has 2 heterocycles. The van der Waals surface area contributed by atoms with E-state index in [4.69, 9.17) is 4.74 Å². The fraction of sp³-hybridized carbons (Fsp3) is 0.647. The Morgan fingerprint density at radius 2 is 2.27 bits per heavy atom. The van der Waals surface area contributed by atoms with Gasteiger partial charge in [-0.2, -0.15) is 0 Å². The number of pyridine rings is 1. The highest BCUT2D eigenvalue weighted by atomic mass is 16.5. The van der Waals surface area contributed by atoms with Crippen LogP contribution in [0.2, 0.25) is 0 Å². The van der Waals surface area contributed by atoms with Crippen LogP contribution >= 0.6 is 0 Å². The lowest BCUT2D eigenvalue weighted by Gasteiger charge is -2.23. The number of likely N-dealkylation sites (tertiary alicyclic amines) is 1. The fourth-order valence-corrected chi connectivity index (χ4v) is 2.71. The maximum atomic E-state index is 10.5. The lowest BCUT2D eigenvalue weighted by Crippen LogP contribution is -2.41. The first kappa shape index (κ1) is 16.7. The van der Waals surface area contributed by atoms with Gasteiger partial charge >= 0.3 is 0 Å². The van der Waals surface area contributed by atoms with Gasteiger partial charge in [0.25, 0.3) is 0 Å². The second kappa shape index (κ2) is 7.58. The number of nitrogens with zero attached hydrogens (tertiary/aromatic N) is 2. The number of rotatable bonds is 7. The van der Waals surface area contributed by atoms with E-state index >= 15 is 0 Å². The van der Waals surface area contributed by atoms with Crippen LogP contribution in [-0.4, -0.2) is 42.2 Å². The average Bonchev–Trinajstić information content (AvgIpc) is 2.91. The van der Waals surface area contributed by atoms with Crippen molar-refractivity contribution in [3.63, 3.8) is 0 Å². The predicted molar refractivity (Wildman–Crippen MR) is 86.8 cm³/mol. The number of ether oxygens (including phenoxy) is 1.